The van der Waals surface area contributed by atoms with Gasteiger partial charge in [0.1, 0.15) is 11.5 Å². The summed E-state index contributed by atoms with van der Waals surface area (Å²) in [4.78, 5) is 2.40. The molecule has 178 valence electrons. The number of hydrogen-bond acceptors (Lipinski definition) is 7. The Bertz CT molecular complexity index is 1210. The lowest BCUT2D eigenvalue weighted by Gasteiger charge is -2.35. The molecule has 3 aromatic rings. The quantitative estimate of drug-likeness (QED) is 0.525. The highest BCUT2D eigenvalue weighted by atomic mass is 32.2. The van der Waals surface area contributed by atoms with E-state index in [0.29, 0.717) is 49.3 Å². The molecule has 0 spiro atoms. The largest absolute Gasteiger partial charge is 0.457 e. The summed E-state index contributed by atoms with van der Waals surface area (Å²) < 4.78 is 51.1. The number of fused-ring (bicyclic) bond motifs is 1. The number of nitrogens with one attached hydrogen (secondary N) is 1. The van der Waals surface area contributed by atoms with Gasteiger partial charge in [-0.25, -0.2) is 13.1 Å². The molecule has 0 unspecified atom stereocenters. The molecule has 1 atom stereocenters. The highest BCUT2D eigenvalue weighted by Crippen LogP contribution is 2.35. The Kier molecular flexibility index (Phi) is 6.68. The molecule has 1 saturated heterocycles. The van der Waals surface area contributed by atoms with Gasteiger partial charge in [-0.05, 0) is 54.1 Å². The van der Waals surface area contributed by atoms with Gasteiger partial charge in [-0.2, -0.15) is 0 Å². The smallest absolute Gasteiger partial charge is 0.240 e. The summed E-state index contributed by atoms with van der Waals surface area (Å²) >= 11 is 0. The second-order valence-corrected chi connectivity index (χ2v) is 9.78. The van der Waals surface area contributed by atoms with Crippen LogP contribution in [0, 0.1) is 0 Å². The van der Waals surface area contributed by atoms with E-state index in [1.807, 2.05) is 48.5 Å². The van der Waals surface area contributed by atoms with Crippen molar-refractivity contribution in [3.63, 3.8) is 0 Å². The normalized spacial score (nSPS) is 16.8. The molecule has 34 heavy (non-hydrogen) atoms. The first-order chi connectivity index (χ1) is 16.6. The predicted molar refractivity (Wildman–Crippen MR) is 126 cm³/mol. The topological polar surface area (TPSA) is 86.3 Å². The molecule has 0 bridgehead atoms. The van der Waals surface area contributed by atoms with E-state index in [4.69, 9.17) is 18.9 Å². The van der Waals surface area contributed by atoms with Crippen LogP contribution in [0.5, 0.6) is 23.0 Å². The fourth-order valence-electron chi connectivity index (χ4n) is 4.05. The van der Waals surface area contributed by atoms with Crippen molar-refractivity contribution < 1.29 is 27.4 Å². The van der Waals surface area contributed by atoms with Gasteiger partial charge >= 0.3 is 0 Å². The fourth-order valence-corrected chi connectivity index (χ4v) is 5.09. The standard InChI is InChI=1S/C25H26N2O6S/c28-34(29,22-9-7-21(8-10-22)33-20-4-2-1-3-5-20)26-17-23(27-12-14-30-15-13-27)19-6-11-24-25(16-19)32-18-31-24/h1-11,16,23,26H,12-15,17-18H2/t23-/m0/s1. The SMILES string of the molecule is O=S(=O)(NC[C@@H](c1ccc2c(c1)OCO2)N1CCOCC1)c1ccc(Oc2ccccc2)cc1. The highest BCUT2D eigenvalue weighted by molar-refractivity contribution is 7.89. The number of rotatable bonds is 8. The third-order valence-corrected chi connectivity index (χ3v) is 7.29. The summed E-state index contributed by atoms with van der Waals surface area (Å²) in [6.45, 7) is 3.05. The Balaban J connectivity index is 1.31. The molecule has 0 radical (unpaired) electrons. The van der Waals surface area contributed by atoms with Crippen molar-refractivity contribution in [2.45, 2.75) is 10.9 Å². The number of hydrogen-bond donors (Lipinski definition) is 1. The number of ether oxygens (including phenoxy) is 4. The average molecular weight is 483 g/mol. The molecule has 1 fully saturated rings. The highest BCUT2D eigenvalue weighted by Gasteiger charge is 2.27. The molecule has 0 aliphatic carbocycles. The van der Waals surface area contributed by atoms with E-state index in [0.717, 1.165) is 5.56 Å². The van der Waals surface area contributed by atoms with Crippen molar-refractivity contribution >= 4 is 10.0 Å². The maximum atomic E-state index is 13.1. The molecular formula is C25H26N2O6S. The van der Waals surface area contributed by atoms with Crippen LogP contribution < -0.4 is 18.9 Å². The first-order valence-corrected chi connectivity index (χ1v) is 12.6. The minimum absolute atomic E-state index is 0.172. The van der Waals surface area contributed by atoms with Crippen LogP contribution in [0.4, 0.5) is 0 Å². The van der Waals surface area contributed by atoms with Gasteiger partial charge in [0.05, 0.1) is 18.1 Å². The number of morpholine rings is 1. The molecule has 0 saturated carbocycles. The van der Waals surface area contributed by atoms with Crippen molar-refractivity contribution in [1.82, 2.24) is 9.62 Å². The zero-order valence-electron chi connectivity index (χ0n) is 18.6. The maximum Gasteiger partial charge on any atom is 0.240 e. The van der Waals surface area contributed by atoms with E-state index in [1.54, 1.807) is 24.3 Å². The molecule has 3 aromatic carbocycles. The van der Waals surface area contributed by atoms with Crippen LogP contribution in [0.3, 0.4) is 0 Å². The van der Waals surface area contributed by atoms with Crippen LogP contribution in [0.2, 0.25) is 0 Å². The van der Waals surface area contributed by atoms with E-state index in [1.165, 1.54) is 0 Å². The maximum absolute atomic E-state index is 13.1. The van der Waals surface area contributed by atoms with Crippen molar-refractivity contribution in [3.05, 3.63) is 78.4 Å². The number of sulfonamides is 1. The molecule has 8 nitrogen and oxygen atoms in total. The van der Waals surface area contributed by atoms with Gasteiger partial charge in [-0.1, -0.05) is 24.3 Å². The van der Waals surface area contributed by atoms with E-state index in [9.17, 15) is 8.42 Å². The summed E-state index contributed by atoms with van der Waals surface area (Å²) in [6, 6.07) is 21.3. The van der Waals surface area contributed by atoms with Gasteiger partial charge < -0.3 is 18.9 Å². The third kappa shape index (κ3) is 5.18. The van der Waals surface area contributed by atoms with Gasteiger partial charge in [-0.15, -0.1) is 0 Å². The molecule has 0 amide bonds. The summed E-state index contributed by atoms with van der Waals surface area (Å²) in [6.07, 6.45) is 0. The van der Waals surface area contributed by atoms with Gasteiger partial charge in [0.2, 0.25) is 16.8 Å². The van der Waals surface area contributed by atoms with E-state index in [-0.39, 0.29) is 24.3 Å². The molecule has 9 heteroatoms. The van der Waals surface area contributed by atoms with E-state index in [2.05, 4.69) is 9.62 Å². The van der Waals surface area contributed by atoms with Crippen molar-refractivity contribution in [1.29, 1.82) is 0 Å². The van der Waals surface area contributed by atoms with Crippen LogP contribution >= 0.6 is 0 Å². The fraction of sp³-hybridized carbons (Fsp3) is 0.280. The van der Waals surface area contributed by atoms with Gasteiger partial charge in [-0.3, -0.25) is 4.90 Å². The number of para-hydroxylation sites is 1. The molecule has 2 heterocycles. The molecule has 0 aromatic heterocycles. The van der Waals surface area contributed by atoms with Gasteiger partial charge in [0.15, 0.2) is 11.5 Å². The lowest BCUT2D eigenvalue weighted by Crippen LogP contribution is -2.43. The van der Waals surface area contributed by atoms with Crippen LogP contribution in [-0.2, 0) is 14.8 Å². The molecule has 2 aliphatic rings. The van der Waals surface area contributed by atoms with Crippen molar-refractivity contribution in [2.75, 3.05) is 39.6 Å². The lowest BCUT2D eigenvalue weighted by atomic mass is 10.0. The van der Waals surface area contributed by atoms with Crippen LogP contribution in [0.1, 0.15) is 11.6 Å². The van der Waals surface area contributed by atoms with E-state index < -0.39 is 10.0 Å². The first kappa shape index (κ1) is 22.7. The average Bonchev–Trinajstić information content (AvgIpc) is 3.34. The molecular weight excluding hydrogens is 456 g/mol. The summed E-state index contributed by atoms with van der Waals surface area (Å²) in [5, 5.41) is 0. The Morgan fingerprint density at radius 3 is 2.35 bits per heavy atom. The molecule has 1 N–H and O–H groups in total. The van der Waals surface area contributed by atoms with Crippen LogP contribution in [0.15, 0.2) is 77.7 Å². The Morgan fingerprint density at radius 1 is 0.882 bits per heavy atom. The Hall–Kier alpha value is -3.11. The first-order valence-electron chi connectivity index (χ1n) is 11.1. The van der Waals surface area contributed by atoms with Crippen LogP contribution in [0.25, 0.3) is 0 Å². The van der Waals surface area contributed by atoms with Gasteiger partial charge in [0, 0.05) is 25.7 Å². The Labute approximate surface area is 199 Å². The Morgan fingerprint density at radius 2 is 1.59 bits per heavy atom. The summed E-state index contributed by atoms with van der Waals surface area (Å²) in [5.74, 6) is 2.63. The third-order valence-electron chi connectivity index (χ3n) is 5.85. The van der Waals surface area contributed by atoms with Crippen molar-refractivity contribution in [3.8, 4) is 23.0 Å². The van der Waals surface area contributed by atoms with E-state index >= 15 is 0 Å². The lowest BCUT2D eigenvalue weighted by molar-refractivity contribution is 0.0171. The zero-order chi connectivity index (χ0) is 23.4. The minimum Gasteiger partial charge on any atom is -0.457 e. The second kappa shape index (κ2) is 10.0. The second-order valence-electron chi connectivity index (χ2n) is 8.02. The number of benzene rings is 3. The minimum atomic E-state index is -3.72. The summed E-state index contributed by atoms with van der Waals surface area (Å²) in [5.41, 5.74) is 0.959. The van der Waals surface area contributed by atoms with Gasteiger partial charge in [0.25, 0.3) is 0 Å². The molecule has 5 rings (SSSR count). The number of nitrogens with zero attached hydrogens (tertiary/aromatic N) is 1. The zero-order valence-corrected chi connectivity index (χ0v) is 19.4. The summed E-state index contributed by atoms with van der Waals surface area (Å²) in [7, 11) is -3.72. The molecule has 2 aliphatic heterocycles. The monoisotopic (exact) mass is 482 g/mol. The predicted octanol–water partition coefficient (Wildman–Crippen LogP) is 3.56. The van der Waals surface area contributed by atoms with Crippen LogP contribution in [-0.4, -0.2) is 53.0 Å². The van der Waals surface area contributed by atoms with Crippen molar-refractivity contribution in [2.24, 2.45) is 0 Å².